The van der Waals surface area contributed by atoms with Crippen molar-refractivity contribution in [3.05, 3.63) is 106 Å². The molecule has 3 aromatic rings. The molecular formula is C30H33N3O2. The number of pyridine rings is 1. The minimum atomic E-state index is -0.102. The summed E-state index contributed by atoms with van der Waals surface area (Å²) in [6, 6.07) is 16.1. The average molecular weight is 468 g/mol. The third-order valence-corrected chi connectivity index (χ3v) is 6.67. The number of carbonyl (C=O) groups is 2. The van der Waals surface area contributed by atoms with E-state index >= 15 is 0 Å². The van der Waals surface area contributed by atoms with Crippen molar-refractivity contribution in [2.75, 3.05) is 19.6 Å². The Morgan fingerprint density at radius 3 is 2.43 bits per heavy atom. The van der Waals surface area contributed by atoms with Crippen molar-refractivity contribution in [2.24, 2.45) is 0 Å². The molecule has 2 aromatic carbocycles. The third-order valence-electron chi connectivity index (χ3n) is 6.67. The zero-order valence-corrected chi connectivity index (χ0v) is 21.0. The molecule has 1 fully saturated rings. The van der Waals surface area contributed by atoms with Crippen LogP contribution >= 0.6 is 0 Å². The number of rotatable bonds is 5. The fourth-order valence-corrected chi connectivity index (χ4v) is 4.71. The molecule has 1 aliphatic rings. The highest BCUT2D eigenvalue weighted by Gasteiger charge is 2.32. The zero-order valence-electron chi connectivity index (χ0n) is 21.0. The highest BCUT2D eigenvalue weighted by molar-refractivity contribution is 5.95. The number of hydrogen-bond donors (Lipinski definition) is 0. The Labute approximate surface area is 208 Å². The van der Waals surface area contributed by atoms with E-state index in [1.165, 1.54) is 16.7 Å². The summed E-state index contributed by atoms with van der Waals surface area (Å²) in [5, 5.41) is 0. The Bertz CT molecular complexity index is 1230. The molecule has 5 heteroatoms. The molecule has 2 heterocycles. The predicted octanol–water partition coefficient (Wildman–Crippen LogP) is 4.92. The van der Waals surface area contributed by atoms with Gasteiger partial charge in [-0.25, -0.2) is 0 Å². The van der Waals surface area contributed by atoms with Gasteiger partial charge in [0.25, 0.3) is 5.91 Å². The Kier molecular flexibility index (Phi) is 7.45. The Morgan fingerprint density at radius 1 is 0.971 bits per heavy atom. The van der Waals surface area contributed by atoms with Crippen LogP contribution in [-0.4, -0.2) is 52.3 Å². The van der Waals surface area contributed by atoms with Gasteiger partial charge in [-0.3, -0.25) is 14.6 Å². The van der Waals surface area contributed by atoms with Crippen LogP contribution in [-0.2, 0) is 11.2 Å². The van der Waals surface area contributed by atoms with Crippen molar-refractivity contribution in [1.82, 2.24) is 14.8 Å². The van der Waals surface area contributed by atoms with Crippen molar-refractivity contribution < 1.29 is 9.59 Å². The van der Waals surface area contributed by atoms with Crippen LogP contribution in [0.2, 0.25) is 0 Å². The molecule has 0 saturated carbocycles. The second-order valence-electron chi connectivity index (χ2n) is 9.56. The lowest BCUT2D eigenvalue weighted by Crippen LogP contribution is -2.57. The van der Waals surface area contributed by atoms with E-state index in [1.54, 1.807) is 24.5 Å². The third kappa shape index (κ3) is 6.04. The molecule has 1 saturated heterocycles. The van der Waals surface area contributed by atoms with Crippen LogP contribution in [0, 0.1) is 27.7 Å². The maximum absolute atomic E-state index is 13.6. The van der Waals surface area contributed by atoms with E-state index in [2.05, 4.69) is 43.1 Å². The van der Waals surface area contributed by atoms with E-state index in [9.17, 15) is 9.59 Å². The van der Waals surface area contributed by atoms with Gasteiger partial charge in [0.05, 0.1) is 6.04 Å². The molecule has 35 heavy (non-hydrogen) atoms. The maximum Gasteiger partial charge on any atom is 0.254 e. The topological polar surface area (TPSA) is 53.5 Å². The summed E-state index contributed by atoms with van der Waals surface area (Å²) in [6.07, 6.45) is 7.54. The normalized spacial score (nSPS) is 16.1. The summed E-state index contributed by atoms with van der Waals surface area (Å²) in [7, 11) is 0. The van der Waals surface area contributed by atoms with Crippen LogP contribution < -0.4 is 0 Å². The van der Waals surface area contributed by atoms with Crippen LogP contribution in [0.4, 0.5) is 0 Å². The summed E-state index contributed by atoms with van der Waals surface area (Å²) in [5.74, 6) is -0.0129. The van der Waals surface area contributed by atoms with Gasteiger partial charge >= 0.3 is 0 Å². The Morgan fingerprint density at radius 2 is 1.74 bits per heavy atom. The van der Waals surface area contributed by atoms with Crippen molar-refractivity contribution in [1.29, 1.82) is 0 Å². The average Bonchev–Trinajstić information content (AvgIpc) is 2.84. The molecule has 180 valence electrons. The van der Waals surface area contributed by atoms with Crippen LogP contribution in [0.15, 0.2) is 67.0 Å². The molecule has 0 radical (unpaired) electrons. The predicted molar refractivity (Wildman–Crippen MR) is 140 cm³/mol. The molecule has 0 aliphatic carbocycles. The lowest BCUT2D eigenvalue weighted by atomic mass is 9.97. The van der Waals surface area contributed by atoms with Gasteiger partial charge < -0.3 is 9.80 Å². The lowest BCUT2D eigenvalue weighted by Gasteiger charge is -2.41. The summed E-state index contributed by atoms with van der Waals surface area (Å²) in [6.45, 7) is 9.76. The standard InChI is InChI=1S/C30H33N3O2/c1-21-14-22(2)16-27(15-21)30(35)33-13-12-32(29(34)10-9-25-6-5-11-31-19-25)20-28(33)18-26-8-7-23(3)24(4)17-26/h5-11,14-17,19,28H,12-13,18,20H2,1-4H3/t28-/m1/s1. The number of carbonyl (C=O) groups excluding carboxylic acids is 2. The van der Waals surface area contributed by atoms with Gasteiger partial charge in [0, 0.05) is 43.7 Å². The Hall–Kier alpha value is -3.73. The highest BCUT2D eigenvalue weighted by atomic mass is 16.2. The SMILES string of the molecule is Cc1cc(C)cc(C(=O)N2CCN(C(=O)C=Cc3cccnc3)C[C@H]2Cc2ccc(C)c(C)c2)c1. The van der Waals surface area contributed by atoms with Crippen molar-refractivity contribution >= 4 is 17.9 Å². The van der Waals surface area contributed by atoms with E-state index in [0.717, 1.165) is 16.7 Å². The molecule has 5 nitrogen and oxygen atoms in total. The molecule has 0 bridgehead atoms. The number of nitrogens with zero attached hydrogens (tertiary/aromatic N) is 3. The van der Waals surface area contributed by atoms with E-state index in [0.29, 0.717) is 31.6 Å². The van der Waals surface area contributed by atoms with Crippen molar-refractivity contribution in [3.63, 3.8) is 0 Å². The van der Waals surface area contributed by atoms with Gasteiger partial charge in [-0.15, -0.1) is 0 Å². The fourth-order valence-electron chi connectivity index (χ4n) is 4.71. The smallest absolute Gasteiger partial charge is 0.254 e. The first-order valence-electron chi connectivity index (χ1n) is 12.1. The van der Waals surface area contributed by atoms with Crippen LogP contribution in [0.25, 0.3) is 6.08 Å². The van der Waals surface area contributed by atoms with Gasteiger partial charge in [0.1, 0.15) is 0 Å². The van der Waals surface area contributed by atoms with E-state index < -0.39 is 0 Å². The van der Waals surface area contributed by atoms with Crippen LogP contribution in [0.5, 0.6) is 0 Å². The fraction of sp³-hybridized carbons (Fsp3) is 0.300. The number of hydrogen-bond acceptors (Lipinski definition) is 3. The summed E-state index contributed by atoms with van der Waals surface area (Å²) in [4.78, 5) is 34.5. The van der Waals surface area contributed by atoms with E-state index in [4.69, 9.17) is 0 Å². The van der Waals surface area contributed by atoms with Gasteiger partial charge in [0.15, 0.2) is 0 Å². The second kappa shape index (κ2) is 10.7. The van der Waals surface area contributed by atoms with Gasteiger partial charge in [-0.05, 0) is 80.6 Å². The number of piperazine rings is 1. The summed E-state index contributed by atoms with van der Waals surface area (Å²) >= 11 is 0. The van der Waals surface area contributed by atoms with Gasteiger partial charge in [-0.1, -0.05) is 41.5 Å². The molecule has 0 spiro atoms. The largest absolute Gasteiger partial charge is 0.335 e. The van der Waals surface area contributed by atoms with Crippen LogP contribution in [0.3, 0.4) is 0 Å². The first kappa shape index (κ1) is 24.4. The van der Waals surface area contributed by atoms with Crippen LogP contribution in [0.1, 0.15) is 43.7 Å². The van der Waals surface area contributed by atoms with Crippen molar-refractivity contribution in [2.45, 2.75) is 40.2 Å². The number of aromatic nitrogens is 1. The molecule has 0 unspecified atom stereocenters. The molecule has 1 atom stereocenters. The minimum Gasteiger partial charge on any atom is -0.335 e. The van der Waals surface area contributed by atoms with Crippen molar-refractivity contribution in [3.8, 4) is 0 Å². The Balaban J connectivity index is 1.57. The van der Waals surface area contributed by atoms with E-state index in [1.807, 2.05) is 47.9 Å². The molecule has 1 aromatic heterocycles. The number of aryl methyl sites for hydroxylation is 4. The monoisotopic (exact) mass is 467 g/mol. The zero-order chi connectivity index (χ0) is 24.9. The quantitative estimate of drug-likeness (QED) is 0.500. The molecule has 1 aliphatic heterocycles. The van der Waals surface area contributed by atoms with Gasteiger partial charge in [-0.2, -0.15) is 0 Å². The second-order valence-corrected chi connectivity index (χ2v) is 9.56. The maximum atomic E-state index is 13.6. The molecular weight excluding hydrogens is 434 g/mol. The van der Waals surface area contributed by atoms with E-state index in [-0.39, 0.29) is 17.9 Å². The summed E-state index contributed by atoms with van der Waals surface area (Å²) < 4.78 is 0. The number of amides is 2. The highest BCUT2D eigenvalue weighted by Crippen LogP contribution is 2.21. The first-order valence-corrected chi connectivity index (χ1v) is 12.1. The molecule has 2 amide bonds. The lowest BCUT2D eigenvalue weighted by molar-refractivity contribution is -0.128. The number of benzene rings is 2. The van der Waals surface area contributed by atoms with Gasteiger partial charge in [0.2, 0.25) is 5.91 Å². The molecule has 4 rings (SSSR count). The first-order chi connectivity index (χ1) is 16.8. The molecule has 0 N–H and O–H groups in total. The minimum absolute atomic E-state index is 0.0311. The summed E-state index contributed by atoms with van der Waals surface area (Å²) in [5.41, 5.74) is 7.41.